The van der Waals surface area contributed by atoms with Gasteiger partial charge in [-0.3, -0.25) is 0 Å². The van der Waals surface area contributed by atoms with E-state index in [1.54, 1.807) is 6.26 Å². The first-order chi connectivity index (χ1) is 9.34. The Morgan fingerprint density at radius 3 is 2.84 bits per heavy atom. The van der Waals surface area contributed by atoms with Crippen molar-refractivity contribution in [1.82, 2.24) is 20.1 Å². The molecule has 19 heavy (non-hydrogen) atoms. The van der Waals surface area contributed by atoms with Gasteiger partial charge in [-0.05, 0) is 12.1 Å². The maximum Gasteiger partial charge on any atom is 0.227 e. The second-order valence-electron chi connectivity index (χ2n) is 4.79. The lowest BCUT2D eigenvalue weighted by Crippen LogP contribution is -2.44. The number of aryl methyl sites for hydroxylation is 2. The van der Waals surface area contributed by atoms with Gasteiger partial charge in [0.2, 0.25) is 5.95 Å². The first-order valence-electron chi connectivity index (χ1n) is 6.71. The van der Waals surface area contributed by atoms with E-state index in [-0.39, 0.29) is 0 Å². The van der Waals surface area contributed by atoms with Crippen LogP contribution in [0.25, 0.3) is 0 Å². The van der Waals surface area contributed by atoms with Crippen LogP contribution in [0, 0.1) is 0 Å². The van der Waals surface area contributed by atoms with Gasteiger partial charge in [0.15, 0.2) is 0 Å². The molecule has 1 saturated heterocycles. The highest BCUT2D eigenvalue weighted by molar-refractivity contribution is 5.31. The smallest absolute Gasteiger partial charge is 0.227 e. The van der Waals surface area contributed by atoms with Crippen molar-refractivity contribution in [2.45, 2.75) is 12.8 Å². The predicted molar refractivity (Wildman–Crippen MR) is 72.2 cm³/mol. The van der Waals surface area contributed by atoms with Crippen LogP contribution >= 0.6 is 0 Å². The molecule has 6 nitrogen and oxygen atoms in total. The molecule has 1 fully saturated rings. The number of aromatic nitrogens is 3. The summed E-state index contributed by atoms with van der Waals surface area (Å²) >= 11 is 0. The van der Waals surface area contributed by atoms with Crippen molar-refractivity contribution < 1.29 is 4.42 Å². The van der Waals surface area contributed by atoms with Crippen molar-refractivity contribution in [3.05, 3.63) is 30.0 Å². The van der Waals surface area contributed by atoms with Crippen LogP contribution in [0.2, 0.25) is 0 Å². The SMILES string of the molecule is Cn1c(CCc2ccco2)nnc1N1CCNCC1. The van der Waals surface area contributed by atoms with Crippen molar-refractivity contribution in [1.29, 1.82) is 0 Å². The molecule has 0 unspecified atom stereocenters. The summed E-state index contributed by atoms with van der Waals surface area (Å²) in [6.07, 6.45) is 3.42. The lowest BCUT2D eigenvalue weighted by molar-refractivity contribution is 0.504. The van der Waals surface area contributed by atoms with Gasteiger partial charge in [-0.1, -0.05) is 0 Å². The second kappa shape index (κ2) is 5.44. The van der Waals surface area contributed by atoms with Crippen LogP contribution in [0.3, 0.4) is 0 Å². The minimum absolute atomic E-state index is 0.850. The summed E-state index contributed by atoms with van der Waals surface area (Å²) in [4.78, 5) is 2.28. The molecular formula is C13H19N5O. The monoisotopic (exact) mass is 261 g/mol. The van der Waals surface area contributed by atoms with Gasteiger partial charge in [-0.25, -0.2) is 0 Å². The summed E-state index contributed by atoms with van der Waals surface area (Å²) < 4.78 is 7.43. The fourth-order valence-electron chi connectivity index (χ4n) is 2.40. The Labute approximate surface area is 112 Å². The third-order valence-electron chi connectivity index (χ3n) is 3.52. The molecule has 0 bridgehead atoms. The van der Waals surface area contributed by atoms with Crippen LogP contribution < -0.4 is 10.2 Å². The highest BCUT2D eigenvalue weighted by Crippen LogP contribution is 2.14. The van der Waals surface area contributed by atoms with Crippen LogP contribution in [-0.4, -0.2) is 40.9 Å². The van der Waals surface area contributed by atoms with Gasteiger partial charge in [0.05, 0.1) is 6.26 Å². The van der Waals surface area contributed by atoms with Crippen LogP contribution in [0.5, 0.6) is 0 Å². The van der Waals surface area contributed by atoms with Crippen molar-refractivity contribution in [2.24, 2.45) is 7.05 Å². The van der Waals surface area contributed by atoms with Crippen molar-refractivity contribution in [3.63, 3.8) is 0 Å². The zero-order chi connectivity index (χ0) is 13.1. The number of nitrogens with one attached hydrogen (secondary N) is 1. The number of nitrogens with zero attached hydrogens (tertiary/aromatic N) is 4. The maximum absolute atomic E-state index is 5.34. The third-order valence-corrected chi connectivity index (χ3v) is 3.52. The van der Waals surface area contributed by atoms with Gasteiger partial charge in [0.1, 0.15) is 11.6 Å². The van der Waals surface area contributed by atoms with Gasteiger partial charge in [-0.2, -0.15) is 0 Å². The molecule has 0 aliphatic carbocycles. The molecule has 0 aromatic carbocycles. The topological polar surface area (TPSA) is 59.1 Å². The first kappa shape index (κ1) is 12.2. The maximum atomic E-state index is 5.34. The molecule has 102 valence electrons. The second-order valence-corrected chi connectivity index (χ2v) is 4.79. The molecule has 6 heteroatoms. The van der Waals surface area contributed by atoms with E-state index in [1.807, 2.05) is 19.2 Å². The van der Waals surface area contributed by atoms with Crippen molar-refractivity contribution in [2.75, 3.05) is 31.1 Å². The number of rotatable bonds is 4. The van der Waals surface area contributed by atoms with Gasteiger partial charge in [-0.15, -0.1) is 10.2 Å². The quantitative estimate of drug-likeness (QED) is 0.873. The molecule has 1 aliphatic rings. The van der Waals surface area contributed by atoms with Crippen LogP contribution in [0.1, 0.15) is 11.6 Å². The van der Waals surface area contributed by atoms with Crippen molar-refractivity contribution in [3.8, 4) is 0 Å². The van der Waals surface area contributed by atoms with E-state index in [0.29, 0.717) is 0 Å². The van der Waals surface area contributed by atoms with E-state index in [0.717, 1.165) is 56.6 Å². The summed E-state index contributed by atoms with van der Waals surface area (Å²) in [7, 11) is 2.04. The van der Waals surface area contributed by atoms with E-state index in [1.165, 1.54) is 0 Å². The summed E-state index contributed by atoms with van der Waals surface area (Å²) in [5.74, 6) is 2.97. The molecule has 3 rings (SSSR count). The van der Waals surface area contributed by atoms with E-state index >= 15 is 0 Å². The fraction of sp³-hybridized carbons (Fsp3) is 0.538. The largest absolute Gasteiger partial charge is 0.469 e. The van der Waals surface area contributed by atoms with Crippen LogP contribution in [0.15, 0.2) is 22.8 Å². The van der Waals surface area contributed by atoms with Gasteiger partial charge < -0.3 is 19.2 Å². The number of furan rings is 1. The molecule has 1 aliphatic heterocycles. The summed E-state index contributed by atoms with van der Waals surface area (Å²) in [6, 6.07) is 3.91. The van der Waals surface area contributed by atoms with E-state index in [9.17, 15) is 0 Å². The van der Waals surface area contributed by atoms with Crippen molar-refractivity contribution >= 4 is 5.95 Å². The Morgan fingerprint density at radius 2 is 2.11 bits per heavy atom. The van der Waals surface area contributed by atoms with Crippen LogP contribution in [0.4, 0.5) is 5.95 Å². The van der Waals surface area contributed by atoms with E-state index in [4.69, 9.17) is 4.42 Å². The van der Waals surface area contributed by atoms with E-state index in [2.05, 4.69) is 25.0 Å². The normalized spacial score (nSPS) is 15.9. The van der Waals surface area contributed by atoms with Gasteiger partial charge in [0.25, 0.3) is 0 Å². The molecule has 3 heterocycles. The Morgan fingerprint density at radius 1 is 1.26 bits per heavy atom. The standard InChI is InChI=1S/C13H19N5O/c1-17-12(5-4-11-3-2-10-19-11)15-16-13(17)18-8-6-14-7-9-18/h2-3,10,14H,4-9H2,1H3. The molecule has 0 saturated carbocycles. The minimum atomic E-state index is 0.850. The molecule has 0 amide bonds. The van der Waals surface area contributed by atoms with Gasteiger partial charge >= 0.3 is 0 Å². The molecule has 1 N–H and O–H groups in total. The summed E-state index contributed by atoms with van der Waals surface area (Å²) in [5, 5.41) is 12.0. The predicted octanol–water partition coefficient (Wildman–Crippen LogP) is 0.603. The Kier molecular flexibility index (Phi) is 3.50. The number of hydrogen-bond acceptors (Lipinski definition) is 5. The highest BCUT2D eigenvalue weighted by atomic mass is 16.3. The minimum Gasteiger partial charge on any atom is -0.469 e. The fourth-order valence-corrected chi connectivity index (χ4v) is 2.40. The average Bonchev–Trinajstić information content (AvgIpc) is 3.07. The Hall–Kier alpha value is -1.82. The number of hydrogen-bond donors (Lipinski definition) is 1. The molecule has 2 aromatic rings. The van der Waals surface area contributed by atoms with Gasteiger partial charge in [0, 0.05) is 46.1 Å². The molecular weight excluding hydrogens is 242 g/mol. The van der Waals surface area contributed by atoms with Crippen LogP contribution in [-0.2, 0) is 19.9 Å². The molecule has 2 aromatic heterocycles. The lowest BCUT2D eigenvalue weighted by atomic mass is 10.2. The number of piperazine rings is 1. The molecule has 0 radical (unpaired) electrons. The van der Waals surface area contributed by atoms with E-state index < -0.39 is 0 Å². The lowest BCUT2D eigenvalue weighted by Gasteiger charge is -2.27. The molecule has 0 atom stereocenters. The summed E-state index contributed by atoms with van der Waals surface area (Å²) in [5.41, 5.74) is 0. The average molecular weight is 261 g/mol. The number of anilines is 1. The Balaban J connectivity index is 1.67. The Bertz CT molecular complexity index is 513. The summed E-state index contributed by atoms with van der Waals surface area (Å²) in [6.45, 7) is 4.00. The zero-order valence-corrected chi connectivity index (χ0v) is 11.2. The highest BCUT2D eigenvalue weighted by Gasteiger charge is 2.17. The first-order valence-corrected chi connectivity index (χ1v) is 6.71. The third kappa shape index (κ3) is 2.63. The molecule has 0 spiro atoms. The zero-order valence-electron chi connectivity index (χ0n) is 11.2.